The number of hydrogen-bond donors (Lipinski definition) is 1. The first-order valence-electron chi connectivity index (χ1n) is 6.10. The van der Waals surface area contributed by atoms with Gasteiger partial charge < -0.3 is 13.0 Å². The first-order chi connectivity index (χ1) is 6.97. The minimum absolute atomic E-state index is 0.706. The number of rotatable bonds is 7. The molecule has 0 heterocycles. The lowest BCUT2D eigenvalue weighted by Crippen LogP contribution is -2.54. The Bertz CT molecular complexity index is 192. The highest BCUT2D eigenvalue weighted by Gasteiger charge is 2.43. The molecule has 0 aliphatic carbocycles. The third-order valence-corrected chi connectivity index (χ3v) is 10.2. The third kappa shape index (κ3) is 8.66. The minimum atomic E-state index is -2.92. The second kappa shape index (κ2) is 5.92. The summed E-state index contributed by atoms with van der Waals surface area (Å²) in [5, 5.41) is 0. The van der Waals surface area contributed by atoms with Crippen LogP contribution in [-0.2, 0) is 8.23 Å². The maximum Gasteiger partial charge on any atom is 0.477 e. The Balaban J connectivity index is 4.61. The highest BCUT2D eigenvalue weighted by molar-refractivity contribution is 6.85. The molecule has 16 heavy (non-hydrogen) atoms. The van der Waals surface area contributed by atoms with E-state index in [0.29, 0.717) is 6.04 Å². The van der Waals surface area contributed by atoms with Gasteiger partial charge in [-0.25, -0.2) is 0 Å². The predicted octanol–water partition coefficient (Wildman–Crippen LogP) is 3.42. The molecule has 0 aliphatic rings. The van der Waals surface area contributed by atoms with Gasteiger partial charge in [-0.15, -0.1) is 0 Å². The zero-order valence-electron chi connectivity index (χ0n) is 11.9. The predicted molar refractivity (Wildman–Crippen MR) is 76.5 cm³/mol. The van der Waals surface area contributed by atoms with Crippen LogP contribution in [0.15, 0.2) is 0 Å². The number of unbranched alkanes of at least 4 members (excludes halogenated alkanes) is 1. The fourth-order valence-electron chi connectivity index (χ4n) is 1.48. The van der Waals surface area contributed by atoms with E-state index in [1.165, 1.54) is 0 Å². The van der Waals surface area contributed by atoms with Crippen molar-refractivity contribution in [3.05, 3.63) is 0 Å². The van der Waals surface area contributed by atoms with E-state index < -0.39 is 25.4 Å². The molecule has 0 amide bonds. The molecule has 0 spiro atoms. The standard InChI is InChI=1S/C10H28O3Si3/c1-8-9-10-16(11,12-14(2,3)4)13-15(5,6)7/h11H,8-10H2,1-7H3. The fraction of sp³-hybridized carbons (Fsp3) is 1.00. The van der Waals surface area contributed by atoms with Crippen LogP contribution in [0.3, 0.4) is 0 Å². The van der Waals surface area contributed by atoms with Gasteiger partial charge in [-0.3, -0.25) is 0 Å². The van der Waals surface area contributed by atoms with Crippen molar-refractivity contribution in [2.75, 3.05) is 0 Å². The van der Waals surface area contributed by atoms with Crippen LogP contribution in [0, 0.1) is 0 Å². The molecule has 0 aliphatic heterocycles. The van der Waals surface area contributed by atoms with Gasteiger partial charge in [-0.05, 0) is 45.7 Å². The molecule has 0 aromatic rings. The van der Waals surface area contributed by atoms with Crippen LogP contribution in [-0.4, -0.2) is 30.2 Å². The fourth-order valence-corrected chi connectivity index (χ4v) is 11.3. The molecule has 0 saturated carbocycles. The van der Waals surface area contributed by atoms with Crippen molar-refractivity contribution in [3.8, 4) is 0 Å². The van der Waals surface area contributed by atoms with E-state index in [9.17, 15) is 4.80 Å². The Morgan fingerprint density at radius 3 is 1.50 bits per heavy atom. The lowest BCUT2D eigenvalue weighted by molar-refractivity contribution is 0.242. The van der Waals surface area contributed by atoms with E-state index in [4.69, 9.17) is 8.23 Å². The summed E-state index contributed by atoms with van der Waals surface area (Å²) in [5.41, 5.74) is 0. The van der Waals surface area contributed by atoms with Crippen LogP contribution in [0.2, 0.25) is 45.3 Å². The molecule has 3 nitrogen and oxygen atoms in total. The van der Waals surface area contributed by atoms with Crippen molar-refractivity contribution >= 4 is 25.4 Å². The van der Waals surface area contributed by atoms with Gasteiger partial charge >= 0.3 is 8.80 Å². The molecule has 0 aromatic heterocycles. The van der Waals surface area contributed by atoms with Crippen LogP contribution in [0.25, 0.3) is 0 Å². The maximum atomic E-state index is 10.6. The van der Waals surface area contributed by atoms with Crippen molar-refractivity contribution in [1.29, 1.82) is 0 Å². The first-order valence-corrected chi connectivity index (χ1v) is 14.9. The summed E-state index contributed by atoms with van der Waals surface area (Å²) in [4.78, 5) is 10.6. The summed E-state index contributed by atoms with van der Waals surface area (Å²) in [6.45, 7) is 14.7. The van der Waals surface area contributed by atoms with E-state index in [2.05, 4.69) is 46.2 Å². The zero-order chi connectivity index (χ0) is 13.0. The van der Waals surface area contributed by atoms with Gasteiger partial charge in [0.1, 0.15) is 0 Å². The highest BCUT2D eigenvalue weighted by atomic mass is 28.5. The molecule has 1 N–H and O–H groups in total. The van der Waals surface area contributed by atoms with E-state index in [0.717, 1.165) is 12.8 Å². The summed E-state index contributed by atoms with van der Waals surface area (Å²) in [5.74, 6) is 0. The summed E-state index contributed by atoms with van der Waals surface area (Å²) < 4.78 is 11.9. The quantitative estimate of drug-likeness (QED) is 0.726. The van der Waals surface area contributed by atoms with E-state index >= 15 is 0 Å². The lowest BCUT2D eigenvalue weighted by atomic mass is 10.4. The lowest BCUT2D eigenvalue weighted by Gasteiger charge is -2.35. The van der Waals surface area contributed by atoms with Crippen molar-refractivity contribution in [2.24, 2.45) is 0 Å². The van der Waals surface area contributed by atoms with Gasteiger partial charge in [0.15, 0.2) is 16.6 Å². The molecular formula is C10H28O3Si3. The monoisotopic (exact) mass is 280 g/mol. The molecule has 0 fully saturated rings. The molecule has 0 atom stereocenters. The summed E-state index contributed by atoms with van der Waals surface area (Å²) in [7, 11) is -6.38. The minimum Gasteiger partial charge on any atom is -0.416 e. The summed E-state index contributed by atoms with van der Waals surface area (Å²) in [6.07, 6.45) is 2.05. The summed E-state index contributed by atoms with van der Waals surface area (Å²) >= 11 is 0. The Labute approximate surface area is 104 Å². The molecule has 0 saturated heterocycles. The number of hydrogen-bond acceptors (Lipinski definition) is 3. The normalized spacial score (nSPS) is 14.2. The second-order valence-electron chi connectivity index (χ2n) is 6.25. The largest absolute Gasteiger partial charge is 0.477 e. The van der Waals surface area contributed by atoms with Gasteiger partial charge in [0.25, 0.3) is 0 Å². The Morgan fingerprint density at radius 2 is 1.25 bits per heavy atom. The molecule has 0 radical (unpaired) electrons. The smallest absolute Gasteiger partial charge is 0.416 e. The Kier molecular flexibility index (Phi) is 6.12. The maximum absolute atomic E-state index is 10.6. The Morgan fingerprint density at radius 1 is 0.875 bits per heavy atom. The topological polar surface area (TPSA) is 38.7 Å². The van der Waals surface area contributed by atoms with Crippen LogP contribution in [0.1, 0.15) is 19.8 Å². The van der Waals surface area contributed by atoms with Gasteiger partial charge in [0.05, 0.1) is 0 Å². The van der Waals surface area contributed by atoms with E-state index in [-0.39, 0.29) is 0 Å². The zero-order valence-corrected chi connectivity index (χ0v) is 14.9. The van der Waals surface area contributed by atoms with Crippen molar-refractivity contribution in [3.63, 3.8) is 0 Å². The molecule has 6 heteroatoms. The van der Waals surface area contributed by atoms with Crippen LogP contribution < -0.4 is 0 Å². The second-order valence-corrected chi connectivity index (χ2v) is 18.3. The molecule has 0 unspecified atom stereocenters. The van der Waals surface area contributed by atoms with Crippen molar-refractivity contribution in [1.82, 2.24) is 0 Å². The summed E-state index contributed by atoms with van der Waals surface area (Å²) in [6, 6.07) is 0.706. The van der Waals surface area contributed by atoms with Gasteiger partial charge in [-0.2, -0.15) is 0 Å². The van der Waals surface area contributed by atoms with Crippen LogP contribution in [0.4, 0.5) is 0 Å². The van der Waals surface area contributed by atoms with Crippen molar-refractivity contribution in [2.45, 2.75) is 65.1 Å². The highest BCUT2D eigenvalue weighted by Crippen LogP contribution is 2.23. The average Bonchev–Trinajstić information content (AvgIpc) is 1.93. The molecule has 0 aromatic carbocycles. The van der Waals surface area contributed by atoms with E-state index in [1.807, 2.05) is 0 Å². The van der Waals surface area contributed by atoms with Crippen molar-refractivity contribution < 1.29 is 13.0 Å². The third-order valence-electron chi connectivity index (χ3n) is 1.78. The SMILES string of the molecule is CCCC[Si](O)(O[Si](C)(C)C)O[Si](C)(C)C. The average molecular weight is 281 g/mol. The van der Waals surface area contributed by atoms with Crippen LogP contribution in [0.5, 0.6) is 0 Å². The Hall–Kier alpha value is 0.531. The first kappa shape index (κ1) is 16.5. The molecule has 0 rings (SSSR count). The van der Waals surface area contributed by atoms with Crippen LogP contribution >= 0.6 is 0 Å². The van der Waals surface area contributed by atoms with Gasteiger partial charge in [0, 0.05) is 6.04 Å². The van der Waals surface area contributed by atoms with E-state index in [1.54, 1.807) is 0 Å². The van der Waals surface area contributed by atoms with Gasteiger partial charge in [0.2, 0.25) is 0 Å². The van der Waals surface area contributed by atoms with Gasteiger partial charge in [-0.1, -0.05) is 13.3 Å². The molecule has 0 bridgehead atoms. The molecule has 98 valence electrons. The molecular weight excluding hydrogens is 252 g/mol.